The second-order valence-corrected chi connectivity index (χ2v) is 16.1. The molecule has 5 fully saturated rings. The van der Waals surface area contributed by atoms with Crippen LogP contribution in [0.15, 0.2) is 48.8 Å². The van der Waals surface area contributed by atoms with Gasteiger partial charge in [0, 0.05) is 68.4 Å². The van der Waals surface area contributed by atoms with E-state index >= 15 is 0 Å². The van der Waals surface area contributed by atoms with Crippen molar-refractivity contribution in [1.82, 2.24) is 25.1 Å². The van der Waals surface area contributed by atoms with Crippen LogP contribution in [0.4, 0.5) is 21.6 Å². The number of amides is 2. The first-order chi connectivity index (χ1) is 26.2. The molecular formula is C40H42Cl2FN7O4. The molecular weight excluding hydrogens is 732 g/mol. The molecule has 54 heavy (non-hydrogen) atoms. The predicted molar refractivity (Wildman–Crippen MR) is 205 cm³/mol. The number of aromatic nitrogens is 2. The number of carbonyl (C=O) groups excluding carboxylic acids is 2. The van der Waals surface area contributed by atoms with Gasteiger partial charge in [0.05, 0.1) is 40.5 Å². The molecule has 0 radical (unpaired) electrons. The van der Waals surface area contributed by atoms with Crippen molar-refractivity contribution in [3.63, 3.8) is 0 Å². The molecule has 1 saturated carbocycles. The van der Waals surface area contributed by atoms with Crippen molar-refractivity contribution in [3.8, 4) is 11.5 Å². The summed E-state index contributed by atoms with van der Waals surface area (Å²) >= 11 is 12.0. The molecule has 3 unspecified atom stereocenters. The third-order valence-electron chi connectivity index (χ3n) is 12.1. The topological polar surface area (TPSA) is 112 Å². The molecule has 5 aliphatic heterocycles. The first-order valence-corrected chi connectivity index (χ1v) is 19.6. The number of halogens is 3. The summed E-state index contributed by atoms with van der Waals surface area (Å²) in [5.41, 5.74) is 4.62. The van der Waals surface area contributed by atoms with Crippen LogP contribution >= 0.6 is 23.2 Å². The Morgan fingerprint density at radius 3 is 2.52 bits per heavy atom. The average Bonchev–Trinajstić information content (AvgIpc) is 3.61. The maximum absolute atomic E-state index is 14.9. The molecule has 2 amide bonds. The maximum Gasteiger partial charge on any atom is 0.243 e. The van der Waals surface area contributed by atoms with E-state index in [2.05, 4.69) is 53.5 Å². The van der Waals surface area contributed by atoms with Crippen LogP contribution in [-0.4, -0.2) is 82.6 Å². The van der Waals surface area contributed by atoms with Crippen molar-refractivity contribution >= 4 is 63.1 Å². The summed E-state index contributed by atoms with van der Waals surface area (Å²) in [6.45, 7) is 4.68. The highest BCUT2D eigenvalue weighted by molar-refractivity contribution is 6.42. The molecule has 1 aromatic heterocycles. The van der Waals surface area contributed by atoms with Crippen LogP contribution in [-0.2, 0) is 22.7 Å². The molecule has 0 spiro atoms. The molecule has 6 aliphatic rings. The highest BCUT2D eigenvalue weighted by atomic mass is 35.5. The molecule has 282 valence electrons. The number of piperazine rings is 1. The molecule has 3 atom stereocenters. The zero-order valence-corrected chi connectivity index (χ0v) is 31.5. The lowest BCUT2D eigenvalue weighted by Gasteiger charge is -2.58. The van der Waals surface area contributed by atoms with E-state index in [0.717, 1.165) is 58.4 Å². The van der Waals surface area contributed by atoms with Gasteiger partial charge in [-0.2, -0.15) is 0 Å². The lowest BCUT2D eigenvalue weighted by Crippen LogP contribution is -2.69. The number of piperidine rings is 2. The quantitative estimate of drug-likeness (QED) is 0.138. The monoisotopic (exact) mass is 773 g/mol. The Bertz CT molecular complexity index is 2120. The Balaban J connectivity index is 0.794. The van der Waals surface area contributed by atoms with Crippen molar-refractivity contribution in [1.29, 1.82) is 0 Å². The SMILES string of the molecule is COc1cc2ncnc(Nc3ccc(Cl)c(Cl)c3F)c2cc1OC1CCC(CN2C3CC2CN(c2ccc4c(c2)CN(C2CCC(=O)NC2=O)C4)C3)CC1. The fourth-order valence-corrected chi connectivity index (χ4v) is 9.44. The molecule has 2 bridgehead atoms. The average molecular weight is 775 g/mol. The van der Waals surface area contributed by atoms with E-state index in [1.54, 1.807) is 7.11 Å². The largest absolute Gasteiger partial charge is 0.493 e. The number of benzene rings is 3. The highest BCUT2D eigenvalue weighted by Gasteiger charge is 2.45. The third-order valence-corrected chi connectivity index (χ3v) is 12.8. The fraction of sp³-hybridized carbons (Fsp3) is 0.450. The summed E-state index contributed by atoms with van der Waals surface area (Å²) < 4.78 is 27.2. The smallest absolute Gasteiger partial charge is 0.243 e. The van der Waals surface area contributed by atoms with Gasteiger partial charge in [-0.05, 0) is 85.9 Å². The number of fused-ring (bicyclic) bond motifs is 4. The Morgan fingerprint density at radius 2 is 1.74 bits per heavy atom. The third kappa shape index (κ3) is 6.71. The van der Waals surface area contributed by atoms with Gasteiger partial charge in [-0.3, -0.25) is 24.7 Å². The van der Waals surface area contributed by atoms with E-state index in [4.69, 9.17) is 32.7 Å². The molecule has 11 nitrogen and oxygen atoms in total. The minimum absolute atomic E-state index is 0.0539. The maximum atomic E-state index is 14.9. The van der Waals surface area contributed by atoms with Gasteiger partial charge in [0.25, 0.3) is 0 Å². The second-order valence-electron chi connectivity index (χ2n) is 15.3. The van der Waals surface area contributed by atoms with Gasteiger partial charge in [0.1, 0.15) is 12.1 Å². The van der Waals surface area contributed by atoms with Crippen molar-refractivity contribution in [2.45, 2.75) is 82.3 Å². The first-order valence-electron chi connectivity index (χ1n) is 18.8. The number of nitrogens with one attached hydrogen (secondary N) is 2. The summed E-state index contributed by atoms with van der Waals surface area (Å²) in [6, 6.07) is 14.4. The summed E-state index contributed by atoms with van der Waals surface area (Å²) in [4.78, 5) is 40.4. The number of ether oxygens (including phenoxy) is 2. The lowest BCUT2D eigenvalue weighted by atomic mass is 9.82. The number of anilines is 3. The van der Waals surface area contributed by atoms with E-state index in [0.29, 0.717) is 59.1 Å². The summed E-state index contributed by atoms with van der Waals surface area (Å²) in [7, 11) is 1.61. The Hall–Kier alpha value is -4.23. The Kier molecular flexibility index (Phi) is 9.49. The van der Waals surface area contributed by atoms with Gasteiger partial charge in [0.2, 0.25) is 11.8 Å². The van der Waals surface area contributed by atoms with Crippen molar-refractivity contribution in [3.05, 3.63) is 75.8 Å². The number of hydrogen-bond acceptors (Lipinski definition) is 10. The molecule has 14 heteroatoms. The predicted octanol–water partition coefficient (Wildman–Crippen LogP) is 6.85. The van der Waals surface area contributed by atoms with Crippen LogP contribution in [0.5, 0.6) is 11.5 Å². The molecule has 6 heterocycles. The van der Waals surface area contributed by atoms with Crippen molar-refractivity contribution < 1.29 is 23.5 Å². The van der Waals surface area contributed by atoms with Crippen LogP contribution in [0.25, 0.3) is 10.9 Å². The van der Waals surface area contributed by atoms with Crippen LogP contribution in [0, 0.1) is 11.7 Å². The molecule has 10 rings (SSSR count). The van der Waals surface area contributed by atoms with Gasteiger partial charge in [-0.1, -0.05) is 29.3 Å². The van der Waals surface area contributed by atoms with E-state index in [1.165, 1.54) is 41.7 Å². The Morgan fingerprint density at radius 1 is 0.944 bits per heavy atom. The molecule has 4 aromatic rings. The standard InChI is InChI=1S/C40H42Cl2FN7O4/c1-53-34-15-32-29(39(45-21-44-32)46-31-9-8-30(41)37(42)38(31)43)14-35(34)54-28-6-2-22(3-7-28)16-50-26-13-27(50)20-48(19-26)25-5-4-23-17-49(18-24(23)12-25)33-10-11-36(51)47-40(33)52/h4-5,8-9,12,14-15,21-22,26-28,33H,2-3,6-7,10-11,13,16-20H2,1H3,(H,44,45,46)(H,47,51,52). The van der Waals surface area contributed by atoms with Crippen LogP contribution in [0.2, 0.25) is 10.0 Å². The van der Waals surface area contributed by atoms with E-state index < -0.39 is 5.82 Å². The molecule has 2 N–H and O–H groups in total. The van der Waals surface area contributed by atoms with E-state index in [-0.39, 0.29) is 39.7 Å². The number of rotatable bonds is 9. The van der Waals surface area contributed by atoms with Crippen LogP contribution < -0.4 is 25.0 Å². The summed E-state index contributed by atoms with van der Waals surface area (Å²) in [5, 5.41) is 6.20. The summed E-state index contributed by atoms with van der Waals surface area (Å²) in [5.74, 6) is 1.25. The van der Waals surface area contributed by atoms with Gasteiger partial charge in [-0.15, -0.1) is 0 Å². The lowest BCUT2D eigenvalue weighted by molar-refractivity contribution is -0.137. The normalized spacial score (nSPS) is 25.6. The van der Waals surface area contributed by atoms with Crippen LogP contribution in [0.3, 0.4) is 0 Å². The van der Waals surface area contributed by atoms with Crippen LogP contribution in [0.1, 0.15) is 56.1 Å². The van der Waals surface area contributed by atoms with E-state index in [1.807, 2.05) is 12.1 Å². The first kappa shape index (κ1) is 35.5. The molecule has 4 saturated heterocycles. The van der Waals surface area contributed by atoms with Crippen molar-refractivity contribution in [2.75, 3.05) is 37.0 Å². The number of methoxy groups -OCH3 is 1. The van der Waals surface area contributed by atoms with Gasteiger partial charge in [-0.25, -0.2) is 14.4 Å². The number of nitrogens with zero attached hydrogens (tertiary/aromatic N) is 5. The highest BCUT2D eigenvalue weighted by Crippen LogP contribution is 2.41. The fourth-order valence-electron chi connectivity index (χ4n) is 9.13. The van der Waals surface area contributed by atoms with Gasteiger partial charge < -0.3 is 19.7 Å². The van der Waals surface area contributed by atoms with Crippen molar-refractivity contribution in [2.24, 2.45) is 5.92 Å². The molecule has 1 aliphatic carbocycles. The molecule has 3 aromatic carbocycles. The Labute approximate surface area is 323 Å². The zero-order chi connectivity index (χ0) is 37.1. The van der Waals surface area contributed by atoms with Gasteiger partial charge in [0.15, 0.2) is 17.3 Å². The number of hydrogen-bond donors (Lipinski definition) is 2. The van der Waals surface area contributed by atoms with E-state index in [9.17, 15) is 14.0 Å². The summed E-state index contributed by atoms with van der Waals surface area (Å²) in [6.07, 6.45) is 7.82. The number of imide groups is 1. The number of carbonyl (C=O) groups is 2. The minimum atomic E-state index is -0.655. The zero-order valence-electron chi connectivity index (χ0n) is 30.0. The minimum Gasteiger partial charge on any atom is -0.493 e. The second kappa shape index (κ2) is 14.4. The van der Waals surface area contributed by atoms with Gasteiger partial charge >= 0.3 is 0 Å².